The number of nitrogens with one attached hydrogen (secondary N) is 3. The molecule has 0 unspecified atom stereocenters. The summed E-state index contributed by atoms with van der Waals surface area (Å²) in [5.41, 5.74) is 2.68. The van der Waals surface area contributed by atoms with Gasteiger partial charge in [0.1, 0.15) is 11.2 Å². The number of anilines is 1. The van der Waals surface area contributed by atoms with Gasteiger partial charge in [-0.15, -0.1) is 11.3 Å². The predicted octanol–water partition coefficient (Wildman–Crippen LogP) is 2.44. The zero-order chi connectivity index (χ0) is 16.7. The number of aromatic nitrogens is 1. The van der Waals surface area contributed by atoms with Gasteiger partial charge in [0.15, 0.2) is 0 Å². The van der Waals surface area contributed by atoms with Crippen molar-refractivity contribution in [2.75, 3.05) is 18.5 Å². The molecule has 0 saturated carbocycles. The van der Waals surface area contributed by atoms with Crippen molar-refractivity contribution in [2.45, 2.75) is 26.1 Å². The van der Waals surface area contributed by atoms with Crippen molar-refractivity contribution in [1.82, 2.24) is 15.2 Å². The molecule has 4 heterocycles. The Bertz CT molecular complexity index is 784. The summed E-state index contributed by atoms with van der Waals surface area (Å²) in [6, 6.07) is 3.83. The van der Waals surface area contributed by atoms with Crippen molar-refractivity contribution in [2.24, 2.45) is 0 Å². The summed E-state index contributed by atoms with van der Waals surface area (Å²) in [6.45, 7) is 3.23. The lowest BCUT2D eigenvalue weighted by molar-refractivity contribution is 0.0933. The number of rotatable bonds is 2. The Morgan fingerprint density at radius 2 is 2.33 bits per heavy atom. The summed E-state index contributed by atoms with van der Waals surface area (Å²) in [5, 5.41) is 7.23. The van der Waals surface area contributed by atoms with Crippen LogP contribution < -0.4 is 10.6 Å². The number of hydrogen-bond acceptors (Lipinski definition) is 5. The molecule has 0 spiro atoms. The number of nitrogens with zero attached hydrogens (tertiary/aromatic N) is 1. The second kappa shape index (κ2) is 5.86. The van der Waals surface area contributed by atoms with E-state index < -0.39 is 0 Å². The molecule has 24 heavy (non-hydrogen) atoms. The Morgan fingerprint density at radius 3 is 3.08 bits per heavy atom. The van der Waals surface area contributed by atoms with Crippen LogP contribution in [0, 0.1) is 0 Å². The van der Waals surface area contributed by atoms with E-state index >= 15 is 0 Å². The minimum Gasteiger partial charge on any atom is -0.450 e. The highest BCUT2D eigenvalue weighted by Gasteiger charge is 2.34. The van der Waals surface area contributed by atoms with Crippen LogP contribution in [-0.4, -0.2) is 35.0 Å². The Hall–Kier alpha value is -2.48. The normalized spacial score (nSPS) is 19.1. The van der Waals surface area contributed by atoms with Gasteiger partial charge in [-0.3, -0.25) is 4.79 Å². The molecule has 7 nitrogen and oxygen atoms in total. The Morgan fingerprint density at radius 1 is 1.46 bits per heavy atom. The van der Waals surface area contributed by atoms with Crippen LogP contribution in [0.5, 0.6) is 0 Å². The summed E-state index contributed by atoms with van der Waals surface area (Å²) in [5.74, 6) is -0.0644. The first-order chi connectivity index (χ1) is 11.7. The highest BCUT2D eigenvalue weighted by molar-refractivity contribution is 7.16. The summed E-state index contributed by atoms with van der Waals surface area (Å²) < 4.78 is 5.08. The largest absolute Gasteiger partial charge is 0.450 e. The van der Waals surface area contributed by atoms with E-state index in [0.29, 0.717) is 26.1 Å². The van der Waals surface area contributed by atoms with Crippen molar-refractivity contribution >= 4 is 28.3 Å². The van der Waals surface area contributed by atoms with Crippen molar-refractivity contribution in [3.8, 4) is 0 Å². The summed E-state index contributed by atoms with van der Waals surface area (Å²) in [6.07, 6.45) is 1.94. The van der Waals surface area contributed by atoms with Crippen LogP contribution in [0.15, 0.2) is 18.3 Å². The van der Waals surface area contributed by atoms with E-state index in [1.54, 1.807) is 23.2 Å². The predicted molar refractivity (Wildman–Crippen MR) is 90.1 cm³/mol. The Balaban J connectivity index is 1.61. The Kier molecular flexibility index (Phi) is 3.68. The van der Waals surface area contributed by atoms with E-state index in [0.717, 1.165) is 26.7 Å². The molecule has 0 bridgehead atoms. The van der Waals surface area contributed by atoms with Gasteiger partial charge in [-0.05, 0) is 31.0 Å². The van der Waals surface area contributed by atoms with Crippen LogP contribution in [0.4, 0.5) is 9.80 Å². The minimum atomic E-state index is -0.295. The maximum Gasteiger partial charge on any atom is 0.410 e. The average Bonchev–Trinajstić information content (AvgIpc) is 3.21. The fourth-order valence-corrected chi connectivity index (χ4v) is 4.45. The van der Waals surface area contributed by atoms with Gasteiger partial charge in [-0.1, -0.05) is 0 Å². The number of carbonyl (C=O) groups is 2. The molecule has 0 aliphatic carbocycles. The van der Waals surface area contributed by atoms with Crippen molar-refractivity contribution in [3.63, 3.8) is 0 Å². The molecule has 0 radical (unpaired) electrons. The zero-order valence-corrected chi connectivity index (χ0v) is 14.0. The molecule has 8 heteroatoms. The molecule has 2 aliphatic rings. The first kappa shape index (κ1) is 15.1. The quantitative estimate of drug-likeness (QED) is 0.779. The van der Waals surface area contributed by atoms with E-state index in [9.17, 15) is 9.59 Å². The van der Waals surface area contributed by atoms with Crippen molar-refractivity contribution < 1.29 is 14.3 Å². The van der Waals surface area contributed by atoms with Gasteiger partial charge in [0.05, 0.1) is 24.4 Å². The van der Waals surface area contributed by atoms with Crippen molar-refractivity contribution in [3.05, 3.63) is 40.0 Å². The van der Waals surface area contributed by atoms with Gasteiger partial charge >= 0.3 is 6.09 Å². The molecule has 126 valence electrons. The molecular formula is C16H18N4O3S. The van der Waals surface area contributed by atoms with Crippen molar-refractivity contribution in [1.29, 1.82) is 0 Å². The second-order valence-corrected chi connectivity index (χ2v) is 6.86. The van der Waals surface area contributed by atoms with Crippen LogP contribution >= 0.6 is 11.3 Å². The molecule has 1 atom stereocenters. The lowest BCUT2D eigenvalue weighted by Crippen LogP contribution is -2.39. The average molecular weight is 346 g/mol. The number of carbonyl (C=O) groups excluding carboxylic acids is 2. The summed E-state index contributed by atoms with van der Waals surface area (Å²) in [4.78, 5) is 30.4. The van der Waals surface area contributed by atoms with Gasteiger partial charge in [0, 0.05) is 17.6 Å². The molecule has 0 saturated heterocycles. The van der Waals surface area contributed by atoms with E-state index in [2.05, 4.69) is 15.6 Å². The van der Waals surface area contributed by atoms with Gasteiger partial charge in [-0.2, -0.15) is 0 Å². The third-order valence-electron chi connectivity index (χ3n) is 4.29. The van der Waals surface area contributed by atoms with E-state index in [1.807, 2.05) is 18.3 Å². The van der Waals surface area contributed by atoms with E-state index in [4.69, 9.17) is 4.74 Å². The first-order valence-corrected chi connectivity index (χ1v) is 8.76. The maximum absolute atomic E-state index is 12.6. The van der Waals surface area contributed by atoms with E-state index in [1.165, 1.54) is 0 Å². The zero-order valence-electron chi connectivity index (χ0n) is 13.2. The van der Waals surface area contributed by atoms with Crippen LogP contribution in [-0.2, 0) is 17.7 Å². The maximum atomic E-state index is 12.6. The first-order valence-electron chi connectivity index (χ1n) is 7.94. The van der Waals surface area contributed by atoms with Gasteiger partial charge in [-0.25, -0.2) is 4.79 Å². The van der Waals surface area contributed by atoms with Crippen LogP contribution in [0.3, 0.4) is 0 Å². The molecule has 2 aromatic heterocycles. The molecule has 0 fully saturated rings. The van der Waals surface area contributed by atoms with Crippen LogP contribution in [0.1, 0.15) is 39.6 Å². The SMILES string of the molecule is CCOC(=O)N1CCc2c(sc3c2C(=O)N[C@@H](c2ccc[nH]2)N3)C1. The number of aromatic amines is 1. The Labute approximate surface area is 143 Å². The van der Waals surface area contributed by atoms with Crippen LogP contribution in [0.25, 0.3) is 0 Å². The summed E-state index contributed by atoms with van der Waals surface area (Å²) >= 11 is 1.55. The lowest BCUT2D eigenvalue weighted by Gasteiger charge is -2.27. The topological polar surface area (TPSA) is 86.5 Å². The third-order valence-corrected chi connectivity index (χ3v) is 5.44. The summed E-state index contributed by atoms with van der Waals surface area (Å²) in [7, 11) is 0. The second-order valence-electron chi connectivity index (χ2n) is 5.75. The molecule has 2 amide bonds. The highest BCUT2D eigenvalue weighted by Crippen LogP contribution is 2.40. The highest BCUT2D eigenvalue weighted by atomic mass is 32.1. The monoisotopic (exact) mass is 346 g/mol. The fourth-order valence-electron chi connectivity index (χ4n) is 3.17. The lowest BCUT2D eigenvalue weighted by atomic mass is 10.0. The van der Waals surface area contributed by atoms with Crippen LogP contribution in [0.2, 0.25) is 0 Å². The molecular weight excluding hydrogens is 328 g/mol. The fraction of sp³-hybridized carbons (Fsp3) is 0.375. The number of amides is 2. The third kappa shape index (κ3) is 2.43. The molecule has 3 N–H and O–H groups in total. The smallest absolute Gasteiger partial charge is 0.410 e. The number of hydrogen-bond donors (Lipinski definition) is 3. The minimum absolute atomic E-state index is 0.0644. The van der Waals surface area contributed by atoms with Gasteiger partial charge in [0.2, 0.25) is 0 Å². The van der Waals surface area contributed by atoms with Gasteiger partial charge in [0.25, 0.3) is 5.91 Å². The molecule has 2 aliphatic heterocycles. The van der Waals surface area contributed by atoms with Gasteiger partial charge < -0.3 is 25.3 Å². The standard InChI is InChI=1S/C16H18N4O3S/c1-2-23-16(22)20-7-5-9-11(8-20)24-15-12(9)14(21)18-13(19-15)10-4-3-6-17-10/h3-4,6,13,17,19H,2,5,7-8H2,1H3,(H,18,21)/t13-/m1/s1. The molecule has 0 aromatic carbocycles. The molecule has 4 rings (SSSR count). The molecule has 2 aromatic rings. The van der Waals surface area contributed by atoms with E-state index in [-0.39, 0.29) is 18.2 Å². The number of fused-ring (bicyclic) bond motifs is 3. The number of thiophene rings is 1. The number of H-pyrrole nitrogens is 1. The number of ether oxygens (including phenoxy) is 1.